The van der Waals surface area contributed by atoms with Gasteiger partial charge in [0.15, 0.2) is 0 Å². The molecule has 5 aliphatic rings. The Kier molecular flexibility index (Phi) is 10.8. The molecule has 0 spiro atoms. The topological polar surface area (TPSA) is 203 Å². The molecule has 7 atom stereocenters. The fourth-order valence-electron chi connectivity index (χ4n) is 8.55. The number of rotatable bonds is 9. The number of methoxy groups -OCH3 is 1. The molecule has 1 aromatic heterocycles. The van der Waals surface area contributed by atoms with Crippen LogP contribution in [0.3, 0.4) is 0 Å². The summed E-state index contributed by atoms with van der Waals surface area (Å²) in [5, 5.41) is 16.7. The smallest absolute Gasteiger partial charge is 0.405 e. The van der Waals surface area contributed by atoms with Crippen molar-refractivity contribution in [2.24, 2.45) is 17.8 Å². The number of amides is 4. The summed E-state index contributed by atoms with van der Waals surface area (Å²) in [4.78, 5) is 61.2. The van der Waals surface area contributed by atoms with Crippen molar-refractivity contribution in [3.8, 4) is 17.5 Å². The molecule has 56 heavy (non-hydrogen) atoms. The lowest BCUT2D eigenvalue weighted by Crippen LogP contribution is -2.59. The van der Waals surface area contributed by atoms with E-state index in [-0.39, 0.29) is 44.0 Å². The molecule has 4 amide bonds. The van der Waals surface area contributed by atoms with Gasteiger partial charge < -0.3 is 34.9 Å². The summed E-state index contributed by atoms with van der Waals surface area (Å²) < 4.78 is 58.5. The molecule has 2 saturated carbocycles. The zero-order chi connectivity index (χ0) is 40.0. The first-order valence-electron chi connectivity index (χ1n) is 19.5. The van der Waals surface area contributed by atoms with Gasteiger partial charge in [0.25, 0.3) is 5.91 Å². The van der Waals surface area contributed by atoms with Crippen LogP contribution in [0.25, 0.3) is 10.8 Å². The SMILES string of the molecule is CC[C@@H]1C[C@H](C)CCC=C[C@@H]2C[C@@]2(C(=O)NS(=O)(=O)C2(CF)CC2)NC(=O)[C@@H]2C[C@@H](Oc3nc4c(c5cc(OC)ccc35)CCCO4)CN2C(=O)[C@H]1NC(=O)O. The van der Waals surface area contributed by atoms with E-state index in [2.05, 4.69) is 15.4 Å². The maximum atomic E-state index is 14.6. The molecule has 2 aliphatic carbocycles. The molecule has 0 bridgehead atoms. The molecule has 1 aromatic carbocycles. The highest BCUT2D eigenvalue weighted by Crippen LogP contribution is 2.48. The standard InChI is InChI=1S/C39H50FN5O10S/c1-4-23-16-22(2)8-5-6-9-24-19-39(24,36(48)44-56(51,52)38(21-40)13-14-38)43-32(46)30-18-26(20-45(30)35(47)31(23)41-37(49)50)55-34-28-12-11-25(53-3)17-29(28)27-10-7-15-54-33(27)42-34/h6,9,11-12,17,22-24,26,30-31,41H,4-5,7-8,10,13-16,18-21H2,1-3H3,(H,43,46)(H,44,48)(H,49,50)/t22-,23-,24-,26-,30+,31+,39-/m1/s1. The molecule has 3 aliphatic heterocycles. The van der Waals surface area contributed by atoms with Crippen LogP contribution in [0, 0.1) is 17.8 Å². The fraction of sp³-hybridized carbons (Fsp3) is 0.615. The van der Waals surface area contributed by atoms with E-state index in [1.165, 1.54) is 4.90 Å². The van der Waals surface area contributed by atoms with E-state index in [1.807, 2.05) is 32.1 Å². The van der Waals surface area contributed by atoms with Crippen LogP contribution in [-0.4, -0.2) is 103 Å². The highest BCUT2D eigenvalue weighted by Gasteiger charge is 2.64. The third-order valence-corrected chi connectivity index (χ3v) is 14.3. The van der Waals surface area contributed by atoms with Crippen molar-refractivity contribution in [2.75, 3.05) is 26.9 Å². The van der Waals surface area contributed by atoms with E-state index >= 15 is 0 Å². The summed E-state index contributed by atoms with van der Waals surface area (Å²) in [6.45, 7) is 3.12. The Morgan fingerprint density at radius 2 is 1.98 bits per heavy atom. The molecule has 7 rings (SSSR count). The van der Waals surface area contributed by atoms with Gasteiger partial charge in [-0.25, -0.2) is 17.6 Å². The van der Waals surface area contributed by atoms with Crippen molar-refractivity contribution in [3.63, 3.8) is 0 Å². The minimum absolute atomic E-state index is 0.0523. The summed E-state index contributed by atoms with van der Waals surface area (Å²) in [7, 11) is -2.83. The lowest BCUT2D eigenvalue weighted by molar-refractivity contribution is -0.142. The molecule has 304 valence electrons. The third-order valence-electron chi connectivity index (χ3n) is 12.2. The number of aromatic nitrogens is 1. The minimum atomic E-state index is -4.40. The number of benzene rings is 1. The number of sulfonamides is 1. The van der Waals surface area contributed by atoms with E-state index in [1.54, 1.807) is 19.3 Å². The molecule has 0 radical (unpaired) electrons. The molecular weight excluding hydrogens is 750 g/mol. The van der Waals surface area contributed by atoms with Crippen molar-refractivity contribution in [3.05, 3.63) is 35.9 Å². The summed E-state index contributed by atoms with van der Waals surface area (Å²) in [5.41, 5.74) is -0.768. The highest BCUT2D eigenvalue weighted by atomic mass is 32.2. The van der Waals surface area contributed by atoms with Gasteiger partial charge >= 0.3 is 6.09 Å². The number of nitrogens with one attached hydrogen (secondary N) is 3. The predicted octanol–water partition coefficient (Wildman–Crippen LogP) is 3.78. The van der Waals surface area contributed by atoms with Crippen LogP contribution in [-0.2, 0) is 30.8 Å². The summed E-state index contributed by atoms with van der Waals surface area (Å²) >= 11 is 0. The Hall–Kier alpha value is -4.67. The predicted molar refractivity (Wildman–Crippen MR) is 202 cm³/mol. The molecule has 17 heteroatoms. The van der Waals surface area contributed by atoms with Crippen molar-refractivity contribution in [1.82, 2.24) is 25.2 Å². The van der Waals surface area contributed by atoms with E-state index in [4.69, 9.17) is 19.2 Å². The number of carbonyl (C=O) groups excluding carboxylic acids is 3. The first kappa shape index (κ1) is 39.6. The van der Waals surface area contributed by atoms with Gasteiger partial charge in [0, 0.05) is 23.3 Å². The van der Waals surface area contributed by atoms with Gasteiger partial charge in [0.05, 0.1) is 20.3 Å². The quantitative estimate of drug-likeness (QED) is 0.269. The van der Waals surface area contributed by atoms with Crippen LogP contribution in [0.1, 0.15) is 77.2 Å². The molecule has 1 saturated heterocycles. The highest BCUT2D eigenvalue weighted by molar-refractivity contribution is 7.91. The largest absolute Gasteiger partial charge is 0.497 e. The number of halogens is 1. The molecule has 3 fully saturated rings. The number of hydrogen-bond acceptors (Lipinski definition) is 10. The molecule has 15 nitrogen and oxygen atoms in total. The van der Waals surface area contributed by atoms with Gasteiger partial charge in [-0.15, -0.1) is 0 Å². The van der Waals surface area contributed by atoms with Gasteiger partial charge in [-0.3, -0.25) is 19.1 Å². The first-order valence-corrected chi connectivity index (χ1v) is 20.9. The lowest BCUT2D eigenvalue weighted by Gasteiger charge is -2.33. The number of hydrogen-bond donors (Lipinski definition) is 4. The Morgan fingerprint density at radius 1 is 1.20 bits per heavy atom. The fourth-order valence-corrected chi connectivity index (χ4v) is 9.98. The second-order valence-electron chi connectivity index (χ2n) is 16.0. The number of aryl methyl sites for hydroxylation is 1. The van der Waals surface area contributed by atoms with Crippen molar-refractivity contribution in [2.45, 2.75) is 107 Å². The van der Waals surface area contributed by atoms with Gasteiger partial charge in [0.1, 0.15) is 40.9 Å². The first-order chi connectivity index (χ1) is 26.7. The molecule has 0 unspecified atom stereocenters. The van der Waals surface area contributed by atoms with Crippen LogP contribution in [0.2, 0.25) is 0 Å². The van der Waals surface area contributed by atoms with Gasteiger partial charge in [0.2, 0.25) is 33.6 Å². The van der Waals surface area contributed by atoms with Crippen LogP contribution >= 0.6 is 0 Å². The number of allylic oxidation sites excluding steroid dienone is 1. The zero-order valence-corrected chi connectivity index (χ0v) is 32.7. The normalized spacial score (nSPS) is 30.0. The second-order valence-corrected chi connectivity index (χ2v) is 18.1. The zero-order valence-electron chi connectivity index (χ0n) is 31.8. The van der Waals surface area contributed by atoms with Gasteiger partial charge in [-0.05, 0) is 86.8 Å². The molecule has 4 heterocycles. The average Bonchev–Trinajstić information content (AvgIpc) is 4.08. The average molecular weight is 800 g/mol. The monoisotopic (exact) mass is 799 g/mol. The Balaban J connectivity index is 1.24. The number of fused-ring (bicyclic) bond motifs is 5. The maximum absolute atomic E-state index is 14.6. The van der Waals surface area contributed by atoms with E-state index in [9.17, 15) is 37.1 Å². The van der Waals surface area contributed by atoms with Crippen LogP contribution < -0.4 is 29.6 Å². The lowest BCUT2D eigenvalue weighted by atomic mass is 9.85. The number of ether oxygens (including phenoxy) is 3. The van der Waals surface area contributed by atoms with E-state index < -0.39 is 80.8 Å². The molecule has 2 aromatic rings. The summed E-state index contributed by atoms with van der Waals surface area (Å²) in [5.74, 6) is -1.94. The Labute approximate surface area is 325 Å². The number of nitrogens with zero attached hydrogens (tertiary/aromatic N) is 2. The summed E-state index contributed by atoms with van der Waals surface area (Å²) in [6.07, 6.45) is 5.53. The van der Waals surface area contributed by atoms with E-state index in [0.717, 1.165) is 23.8 Å². The molecule has 4 N–H and O–H groups in total. The van der Waals surface area contributed by atoms with Crippen molar-refractivity contribution < 1.29 is 51.3 Å². The minimum Gasteiger partial charge on any atom is -0.497 e. The van der Waals surface area contributed by atoms with Crippen LogP contribution in [0.5, 0.6) is 17.5 Å². The third kappa shape index (κ3) is 7.45. The van der Waals surface area contributed by atoms with Crippen LogP contribution in [0.15, 0.2) is 30.4 Å². The number of alkyl halides is 1. The number of pyridine rings is 1. The van der Waals surface area contributed by atoms with Gasteiger partial charge in [-0.2, -0.15) is 4.98 Å². The summed E-state index contributed by atoms with van der Waals surface area (Å²) in [6, 6.07) is 3.05. The van der Waals surface area contributed by atoms with Crippen LogP contribution in [0.4, 0.5) is 9.18 Å². The van der Waals surface area contributed by atoms with Crippen molar-refractivity contribution >= 4 is 44.6 Å². The van der Waals surface area contributed by atoms with Crippen molar-refractivity contribution in [1.29, 1.82) is 0 Å². The Morgan fingerprint density at radius 3 is 2.68 bits per heavy atom. The van der Waals surface area contributed by atoms with Gasteiger partial charge in [-0.1, -0.05) is 32.4 Å². The molecular formula is C39H50FN5O10S. The second kappa shape index (κ2) is 15.3. The number of carbonyl (C=O) groups is 4. The van der Waals surface area contributed by atoms with E-state index in [0.29, 0.717) is 49.3 Å². The maximum Gasteiger partial charge on any atom is 0.405 e. The Bertz CT molecular complexity index is 2040. The number of carboxylic acid groups (broad SMARTS) is 1.